The number of sulfonamides is 1. The number of hydrazine groups is 1. The number of halogens is 1. The second kappa shape index (κ2) is 6.30. The van der Waals surface area contributed by atoms with E-state index in [-0.39, 0.29) is 15.7 Å². The summed E-state index contributed by atoms with van der Waals surface area (Å²) in [5.41, 5.74) is 3.88. The Morgan fingerprint density at radius 3 is 2.48 bits per heavy atom. The van der Waals surface area contributed by atoms with Gasteiger partial charge in [-0.1, -0.05) is 30.7 Å². The number of hydrogen-bond acceptors (Lipinski definition) is 5. The maximum Gasteiger partial charge on any atom is 0.263 e. The van der Waals surface area contributed by atoms with Crippen LogP contribution < -0.4 is 16.0 Å². The Balaban J connectivity index is 2.26. The normalized spacial score (nSPS) is 11.2. The third-order valence-electron chi connectivity index (χ3n) is 2.88. The first-order chi connectivity index (χ1) is 9.96. The number of nitrogens with zero attached hydrogens (tertiary/aromatic N) is 1. The second-order valence-electron chi connectivity index (χ2n) is 4.30. The van der Waals surface area contributed by atoms with E-state index in [4.69, 9.17) is 17.4 Å². The molecule has 4 N–H and O–H groups in total. The SMILES string of the molecule is CCc1ccc(NS(=O)(=O)c2cnc(NN)c(Cl)c2)cc1. The summed E-state index contributed by atoms with van der Waals surface area (Å²) < 4.78 is 27.0. The summed E-state index contributed by atoms with van der Waals surface area (Å²) >= 11 is 5.88. The maximum absolute atomic E-state index is 12.2. The first kappa shape index (κ1) is 15.6. The number of benzene rings is 1. The molecule has 0 amide bonds. The molecule has 1 heterocycles. The van der Waals surface area contributed by atoms with Gasteiger partial charge < -0.3 is 5.43 Å². The molecule has 6 nitrogen and oxygen atoms in total. The van der Waals surface area contributed by atoms with E-state index in [2.05, 4.69) is 15.1 Å². The first-order valence-corrected chi connectivity index (χ1v) is 8.06. The minimum absolute atomic E-state index is 0.0360. The highest BCUT2D eigenvalue weighted by Gasteiger charge is 2.16. The lowest BCUT2D eigenvalue weighted by Crippen LogP contribution is -2.15. The van der Waals surface area contributed by atoms with E-state index in [1.54, 1.807) is 12.1 Å². The molecule has 0 bridgehead atoms. The average Bonchev–Trinajstić information content (AvgIpc) is 2.47. The fourth-order valence-electron chi connectivity index (χ4n) is 1.70. The van der Waals surface area contributed by atoms with Crippen LogP contribution in [0.25, 0.3) is 0 Å². The minimum atomic E-state index is -3.75. The zero-order chi connectivity index (χ0) is 15.5. The highest BCUT2D eigenvalue weighted by molar-refractivity contribution is 7.92. The number of nitrogens with one attached hydrogen (secondary N) is 2. The Morgan fingerprint density at radius 1 is 1.29 bits per heavy atom. The van der Waals surface area contributed by atoms with Gasteiger partial charge in [-0.3, -0.25) is 4.72 Å². The topological polar surface area (TPSA) is 97.1 Å². The smallest absolute Gasteiger partial charge is 0.263 e. The van der Waals surface area contributed by atoms with Crippen molar-refractivity contribution in [3.05, 3.63) is 47.1 Å². The maximum atomic E-state index is 12.2. The van der Waals surface area contributed by atoms with Gasteiger partial charge in [0.25, 0.3) is 10.0 Å². The Hall–Kier alpha value is -1.83. The van der Waals surface area contributed by atoms with Gasteiger partial charge in [0, 0.05) is 11.9 Å². The summed E-state index contributed by atoms with van der Waals surface area (Å²) in [5, 5.41) is 0.127. The fourth-order valence-corrected chi connectivity index (χ4v) is 3.01. The van der Waals surface area contributed by atoms with Gasteiger partial charge in [-0.2, -0.15) is 0 Å². The number of aromatic nitrogens is 1. The Bertz CT molecular complexity index is 732. The number of nitrogens with two attached hydrogens (primary N) is 1. The molecule has 0 aliphatic carbocycles. The lowest BCUT2D eigenvalue weighted by molar-refractivity contribution is 0.601. The number of anilines is 2. The first-order valence-electron chi connectivity index (χ1n) is 6.20. The van der Waals surface area contributed by atoms with Crippen LogP contribution in [0.3, 0.4) is 0 Å². The summed E-state index contributed by atoms with van der Waals surface area (Å²) in [6, 6.07) is 8.43. The highest BCUT2D eigenvalue weighted by Crippen LogP contribution is 2.23. The van der Waals surface area contributed by atoms with Crippen molar-refractivity contribution in [3.63, 3.8) is 0 Å². The van der Waals surface area contributed by atoms with Crippen LogP contribution in [-0.4, -0.2) is 13.4 Å². The van der Waals surface area contributed by atoms with Crippen molar-refractivity contribution in [3.8, 4) is 0 Å². The molecule has 8 heteroatoms. The second-order valence-corrected chi connectivity index (χ2v) is 6.39. The molecule has 0 aliphatic heterocycles. The zero-order valence-corrected chi connectivity index (χ0v) is 12.9. The molecule has 112 valence electrons. The number of nitrogen functional groups attached to an aromatic ring is 1. The minimum Gasteiger partial charge on any atom is -0.307 e. The third kappa shape index (κ3) is 3.63. The molecular formula is C13H15ClN4O2S. The van der Waals surface area contributed by atoms with E-state index in [0.29, 0.717) is 5.69 Å². The molecule has 0 spiro atoms. The quantitative estimate of drug-likeness (QED) is 0.579. The lowest BCUT2D eigenvalue weighted by Gasteiger charge is -2.10. The summed E-state index contributed by atoms with van der Waals surface area (Å²) in [4.78, 5) is 3.81. The molecule has 0 fully saturated rings. The van der Waals surface area contributed by atoms with Crippen molar-refractivity contribution < 1.29 is 8.42 Å². The molecule has 2 aromatic rings. The van der Waals surface area contributed by atoms with Crippen molar-refractivity contribution in [2.75, 3.05) is 10.1 Å². The monoisotopic (exact) mass is 326 g/mol. The van der Waals surface area contributed by atoms with Crippen molar-refractivity contribution >= 4 is 33.1 Å². The van der Waals surface area contributed by atoms with Crippen molar-refractivity contribution in [2.24, 2.45) is 5.84 Å². The van der Waals surface area contributed by atoms with Crippen molar-refractivity contribution in [2.45, 2.75) is 18.2 Å². The summed E-state index contributed by atoms with van der Waals surface area (Å²) in [5.74, 6) is 5.41. The highest BCUT2D eigenvalue weighted by atomic mass is 35.5. The van der Waals surface area contributed by atoms with Crippen LogP contribution in [0.1, 0.15) is 12.5 Å². The van der Waals surface area contributed by atoms with Gasteiger partial charge in [-0.05, 0) is 30.2 Å². The van der Waals surface area contributed by atoms with Gasteiger partial charge in [0.05, 0.1) is 5.02 Å². The van der Waals surface area contributed by atoms with E-state index in [0.717, 1.165) is 12.0 Å². The van der Waals surface area contributed by atoms with Gasteiger partial charge in [-0.25, -0.2) is 19.2 Å². The average molecular weight is 327 g/mol. The predicted octanol–water partition coefficient (Wildman–Crippen LogP) is 2.38. The molecule has 1 aromatic heterocycles. The van der Waals surface area contributed by atoms with Crippen LogP contribution >= 0.6 is 11.6 Å². The van der Waals surface area contributed by atoms with E-state index < -0.39 is 10.0 Å². The summed E-state index contributed by atoms with van der Waals surface area (Å²) in [6.07, 6.45) is 2.07. The van der Waals surface area contributed by atoms with Crippen molar-refractivity contribution in [1.82, 2.24) is 4.98 Å². The van der Waals surface area contributed by atoms with Gasteiger partial charge in [0.15, 0.2) is 5.82 Å². The van der Waals surface area contributed by atoms with E-state index in [1.165, 1.54) is 12.3 Å². The largest absolute Gasteiger partial charge is 0.307 e. The number of hydrogen-bond donors (Lipinski definition) is 3. The van der Waals surface area contributed by atoms with Gasteiger partial charge in [-0.15, -0.1) is 0 Å². The van der Waals surface area contributed by atoms with Gasteiger partial charge in [0.1, 0.15) is 4.90 Å². The molecular weight excluding hydrogens is 312 g/mol. The molecule has 0 saturated carbocycles. The number of pyridine rings is 1. The van der Waals surface area contributed by atoms with Crippen LogP contribution in [-0.2, 0) is 16.4 Å². The van der Waals surface area contributed by atoms with Crippen molar-refractivity contribution in [1.29, 1.82) is 0 Å². The van der Waals surface area contributed by atoms with Crippen LogP contribution in [0, 0.1) is 0 Å². The van der Waals surface area contributed by atoms with Crippen LogP contribution in [0.4, 0.5) is 11.5 Å². The molecule has 2 rings (SSSR count). The van der Waals surface area contributed by atoms with Crippen LogP contribution in [0.2, 0.25) is 5.02 Å². The lowest BCUT2D eigenvalue weighted by atomic mass is 10.2. The Kier molecular flexibility index (Phi) is 4.66. The van der Waals surface area contributed by atoms with E-state index >= 15 is 0 Å². The number of aryl methyl sites for hydroxylation is 1. The Morgan fingerprint density at radius 2 is 1.95 bits per heavy atom. The molecule has 0 unspecified atom stereocenters. The van der Waals surface area contributed by atoms with Gasteiger partial charge >= 0.3 is 0 Å². The molecule has 1 aromatic carbocycles. The summed E-state index contributed by atoms with van der Waals surface area (Å²) in [6.45, 7) is 2.03. The molecule has 0 saturated heterocycles. The summed E-state index contributed by atoms with van der Waals surface area (Å²) in [7, 11) is -3.75. The Labute approximate surface area is 128 Å². The molecule has 0 aliphatic rings. The fraction of sp³-hybridized carbons (Fsp3) is 0.154. The standard InChI is InChI=1S/C13H15ClN4O2S/c1-2-9-3-5-10(6-4-9)18-21(19,20)11-7-12(14)13(17-15)16-8-11/h3-8,18H,2,15H2,1H3,(H,16,17). The molecule has 0 atom stereocenters. The molecule has 0 radical (unpaired) electrons. The van der Waals surface area contributed by atoms with Crippen LogP contribution in [0.15, 0.2) is 41.4 Å². The predicted molar refractivity (Wildman–Crippen MR) is 83.7 cm³/mol. The van der Waals surface area contributed by atoms with E-state index in [9.17, 15) is 8.42 Å². The zero-order valence-electron chi connectivity index (χ0n) is 11.3. The number of rotatable bonds is 5. The third-order valence-corrected chi connectivity index (χ3v) is 4.51. The van der Waals surface area contributed by atoms with Gasteiger partial charge in [0.2, 0.25) is 0 Å². The molecule has 21 heavy (non-hydrogen) atoms. The van der Waals surface area contributed by atoms with Crippen LogP contribution in [0.5, 0.6) is 0 Å². The van der Waals surface area contributed by atoms with E-state index in [1.807, 2.05) is 19.1 Å².